The van der Waals surface area contributed by atoms with Gasteiger partial charge < -0.3 is 10.4 Å². The summed E-state index contributed by atoms with van der Waals surface area (Å²) in [6.45, 7) is 1.82. The number of halogens is 1. The number of nitrogens with one attached hydrogen (secondary N) is 1. The van der Waals surface area contributed by atoms with Gasteiger partial charge in [0.05, 0.1) is 10.4 Å². The lowest BCUT2D eigenvalue weighted by Crippen LogP contribution is -2.35. The van der Waals surface area contributed by atoms with Crippen LogP contribution in [0.2, 0.25) is 0 Å². The van der Waals surface area contributed by atoms with Gasteiger partial charge in [-0.2, -0.15) is 0 Å². The zero-order chi connectivity index (χ0) is 14.0. The first-order valence-electron chi connectivity index (χ1n) is 5.91. The first-order chi connectivity index (χ1) is 8.94. The van der Waals surface area contributed by atoms with Crippen LogP contribution in [0.3, 0.4) is 0 Å². The lowest BCUT2D eigenvalue weighted by atomic mass is 10.0. The molecule has 1 aliphatic rings. The number of hydrogen-bond donors (Lipinski definition) is 2. The molecular formula is C13H14FNO3S. The van der Waals surface area contributed by atoms with Gasteiger partial charge >= 0.3 is 5.97 Å². The van der Waals surface area contributed by atoms with E-state index in [1.54, 1.807) is 0 Å². The topological polar surface area (TPSA) is 66.4 Å². The van der Waals surface area contributed by atoms with Crippen molar-refractivity contribution in [2.75, 3.05) is 11.1 Å². The highest BCUT2D eigenvalue weighted by atomic mass is 32.2. The molecule has 0 spiro atoms. The third kappa shape index (κ3) is 2.73. The van der Waals surface area contributed by atoms with Crippen molar-refractivity contribution in [1.29, 1.82) is 0 Å². The molecule has 0 aliphatic carbocycles. The summed E-state index contributed by atoms with van der Waals surface area (Å²) in [6.07, 6.45) is 1.69. The lowest BCUT2D eigenvalue weighted by molar-refractivity contribution is -0.118. The fourth-order valence-corrected chi connectivity index (χ4v) is 3.27. The predicted molar refractivity (Wildman–Crippen MR) is 72.1 cm³/mol. The minimum Gasteiger partial charge on any atom is -0.478 e. The van der Waals surface area contributed by atoms with Gasteiger partial charge in [-0.25, -0.2) is 9.18 Å². The molecule has 1 aliphatic heterocycles. The fourth-order valence-electron chi connectivity index (χ4n) is 2.06. The molecule has 0 bridgehead atoms. The Hall–Kier alpha value is -1.56. The van der Waals surface area contributed by atoms with Gasteiger partial charge in [0, 0.05) is 0 Å². The molecule has 1 aromatic rings. The molecule has 1 unspecified atom stereocenters. The van der Waals surface area contributed by atoms with Gasteiger partial charge in [0.2, 0.25) is 5.91 Å². The van der Waals surface area contributed by atoms with Gasteiger partial charge in [-0.05, 0) is 37.7 Å². The summed E-state index contributed by atoms with van der Waals surface area (Å²) in [5, 5.41) is 11.5. The SMILES string of the molecule is CC1(C(=O)Nc2cccc(F)c2C(=O)O)CCCS1. The Balaban J connectivity index is 2.26. The number of carbonyl (C=O) groups excluding carboxylic acids is 1. The minimum absolute atomic E-state index is 0.00576. The van der Waals surface area contributed by atoms with E-state index in [4.69, 9.17) is 5.11 Å². The second-order valence-corrected chi connectivity index (χ2v) is 6.20. The number of benzene rings is 1. The Morgan fingerprint density at radius 2 is 2.21 bits per heavy atom. The van der Waals surface area contributed by atoms with Crippen molar-refractivity contribution in [2.24, 2.45) is 0 Å². The zero-order valence-corrected chi connectivity index (χ0v) is 11.2. The quantitative estimate of drug-likeness (QED) is 0.895. The highest BCUT2D eigenvalue weighted by molar-refractivity contribution is 8.01. The van der Waals surface area contributed by atoms with E-state index in [0.717, 1.165) is 24.7 Å². The Labute approximate surface area is 114 Å². The van der Waals surface area contributed by atoms with E-state index in [1.807, 2.05) is 6.92 Å². The minimum atomic E-state index is -1.39. The summed E-state index contributed by atoms with van der Waals surface area (Å²) < 4.78 is 12.9. The number of carbonyl (C=O) groups is 2. The van der Waals surface area contributed by atoms with Crippen molar-refractivity contribution < 1.29 is 19.1 Å². The molecule has 19 heavy (non-hydrogen) atoms. The lowest BCUT2D eigenvalue weighted by Gasteiger charge is -2.22. The summed E-state index contributed by atoms with van der Waals surface area (Å²) in [4.78, 5) is 23.2. The maximum Gasteiger partial charge on any atom is 0.340 e. The molecule has 102 valence electrons. The highest BCUT2D eigenvalue weighted by Gasteiger charge is 2.37. The number of carboxylic acid groups (broad SMARTS) is 1. The van der Waals surface area contributed by atoms with Crippen LogP contribution >= 0.6 is 11.8 Å². The average molecular weight is 283 g/mol. The zero-order valence-electron chi connectivity index (χ0n) is 10.4. The number of rotatable bonds is 3. The van der Waals surface area contributed by atoms with Crippen LogP contribution in [-0.4, -0.2) is 27.5 Å². The molecule has 1 heterocycles. The predicted octanol–water partition coefficient (Wildman–Crippen LogP) is 2.75. The number of carboxylic acids is 1. The summed E-state index contributed by atoms with van der Waals surface area (Å²) in [6, 6.07) is 3.83. The molecule has 1 saturated heterocycles. The molecular weight excluding hydrogens is 269 g/mol. The van der Waals surface area contributed by atoms with E-state index in [-0.39, 0.29) is 11.6 Å². The molecule has 1 amide bonds. The normalized spacial score (nSPS) is 22.2. The van der Waals surface area contributed by atoms with Crippen molar-refractivity contribution in [3.8, 4) is 0 Å². The van der Waals surface area contributed by atoms with Crippen LogP contribution in [0.25, 0.3) is 0 Å². The van der Waals surface area contributed by atoms with E-state index in [0.29, 0.717) is 0 Å². The highest BCUT2D eigenvalue weighted by Crippen LogP contribution is 2.38. The molecule has 2 rings (SSSR count). The first kappa shape index (κ1) is 13.9. The number of thioether (sulfide) groups is 1. The molecule has 6 heteroatoms. The summed E-state index contributed by atoms with van der Waals surface area (Å²) in [7, 11) is 0. The van der Waals surface area contributed by atoms with Gasteiger partial charge in [-0.1, -0.05) is 6.07 Å². The summed E-state index contributed by atoms with van der Waals surface area (Å²) in [5.74, 6) is -1.62. The Morgan fingerprint density at radius 3 is 2.79 bits per heavy atom. The van der Waals surface area contributed by atoms with Crippen molar-refractivity contribution >= 4 is 29.3 Å². The average Bonchev–Trinajstić information content (AvgIpc) is 2.77. The van der Waals surface area contributed by atoms with Crippen molar-refractivity contribution in [1.82, 2.24) is 0 Å². The van der Waals surface area contributed by atoms with E-state index in [9.17, 15) is 14.0 Å². The van der Waals surface area contributed by atoms with Gasteiger partial charge in [-0.3, -0.25) is 4.79 Å². The third-order valence-electron chi connectivity index (χ3n) is 3.17. The Kier molecular flexibility index (Phi) is 3.80. The van der Waals surface area contributed by atoms with Gasteiger partial charge in [0.1, 0.15) is 11.4 Å². The Bertz CT molecular complexity index is 527. The smallest absolute Gasteiger partial charge is 0.340 e. The second kappa shape index (κ2) is 5.21. The van der Waals surface area contributed by atoms with Crippen LogP contribution < -0.4 is 5.32 Å². The molecule has 0 aromatic heterocycles. The van der Waals surface area contributed by atoms with Crippen molar-refractivity contribution in [3.05, 3.63) is 29.6 Å². The number of aromatic carboxylic acids is 1. The van der Waals surface area contributed by atoms with Crippen molar-refractivity contribution in [2.45, 2.75) is 24.5 Å². The van der Waals surface area contributed by atoms with Crippen LogP contribution in [0.15, 0.2) is 18.2 Å². The molecule has 1 aromatic carbocycles. The number of anilines is 1. The van der Waals surface area contributed by atoms with Crippen molar-refractivity contribution in [3.63, 3.8) is 0 Å². The summed E-state index contributed by atoms with van der Waals surface area (Å²) in [5.41, 5.74) is -0.492. The molecule has 1 atom stereocenters. The standard InChI is InChI=1S/C13H14FNO3S/c1-13(6-3-7-19-13)12(18)15-9-5-2-4-8(14)10(9)11(16)17/h2,4-5H,3,6-7H2,1H3,(H,15,18)(H,16,17). The maximum atomic E-state index is 13.5. The fraction of sp³-hybridized carbons (Fsp3) is 0.385. The second-order valence-electron chi connectivity index (χ2n) is 4.60. The number of hydrogen-bond acceptors (Lipinski definition) is 3. The van der Waals surface area contributed by atoms with E-state index < -0.39 is 22.1 Å². The van der Waals surface area contributed by atoms with E-state index >= 15 is 0 Å². The van der Waals surface area contributed by atoms with Crippen LogP contribution in [-0.2, 0) is 4.79 Å². The van der Waals surface area contributed by atoms with E-state index in [2.05, 4.69) is 5.32 Å². The Morgan fingerprint density at radius 1 is 1.47 bits per heavy atom. The largest absolute Gasteiger partial charge is 0.478 e. The van der Waals surface area contributed by atoms with E-state index in [1.165, 1.54) is 23.9 Å². The monoisotopic (exact) mass is 283 g/mol. The van der Waals surface area contributed by atoms with Crippen LogP contribution in [0, 0.1) is 5.82 Å². The van der Waals surface area contributed by atoms with Gasteiger partial charge in [0.25, 0.3) is 0 Å². The third-order valence-corrected chi connectivity index (χ3v) is 4.69. The number of amides is 1. The molecule has 2 N–H and O–H groups in total. The van der Waals surface area contributed by atoms with Crippen LogP contribution in [0.4, 0.5) is 10.1 Å². The first-order valence-corrected chi connectivity index (χ1v) is 6.90. The van der Waals surface area contributed by atoms with Gasteiger partial charge in [-0.15, -0.1) is 11.8 Å². The molecule has 1 fully saturated rings. The maximum absolute atomic E-state index is 13.5. The molecule has 0 saturated carbocycles. The van der Waals surface area contributed by atoms with Crippen LogP contribution in [0.1, 0.15) is 30.1 Å². The van der Waals surface area contributed by atoms with Gasteiger partial charge in [0.15, 0.2) is 0 Å². The molecule has 4 nitrogen and oxygen atoms in total. The van der Waals surface area contributed by atoms with Crippen LogP contribution in [0.5, 0.6) is 0 Å². The molecule has 0 radical (unpaired) electrons. The summed E-state index contributed by atoms with van der Waals surface area (Å²) >= 11 is 1.54.